The summed E-state index contributed by atoms with van der Waals surface area (Å²) in [5.41, 5.74) is 2.55. The Morgan fingerprint density at radius 1 is 1.09 bits per heavy atom. The number of hydrogen-bond donors (Lipinski definition) is 0. The lowest BCUT2D eigenvalue weighted by Gasteiger charge is -2.07. The summed E-state index contributed by atoms with van der Waals surface area (Å²) >= 11 is 6.19. The number of nitrogens with zero attached hydrogens (tertiary/aromatic N) is 4. The van der Waals surface area contributed by atoms with Gasteiger partial charge in [-0.15, -0.1) is 5.10 Å². The fourth-order valence-corrected chi connectivity index (χ4v) is 3.42. The van der Waals surface area contributed by atoms with Crippen molar-refractivity contribution in [3.63, 3.8) is 0 Å². The maximum absolute atomic E-state index is 12.7. The third-order valence-corrected chi connectivity index (χ3v) is 5.33. The molecule has 0 N–H and O–H groups in total. The topological polar surface area (TPSA) is 102 Å². The molecule has 0 fully saturated rings. The van der Waals surface area contributed by atoms with Crippen LogP contribution in [0.15, 0.2) is 46.9 Å². The van der Waals surface area contributed by atoms with E-state index in [4.69, 9.17) is 30.2 Å². The van der Waals surface area contributed by atoms with Gasteiger partial charge in [0.25, 0.3) is 0 Å². The maximum Gasteiger partial charge on any atom is 0.361 e. The van der Waals surface area contributed by atoms with E-state index < -0.39 is 5.97 Å². The zero-order chi connectivity index (χ0) is 23.5. The summed E-state index contributed by atoms with van der Waals surface area (Å²) < 4.78 is 23.0. The second kappa shape index (κ2) is 9.33. The number of esters is 1. The molecule has 0 aliphatic heterocycles. The van der Waals surface area contributed by atoms with Gasteiger partial charge in [0.1, 0.15) is 29.6 Å². The Bertz CT molecular complexity index is 1300. The first-order valence-corrected chi connectivity index (χ1v) is 10.3. The molecule has 4 aromatic rings. The second-order valence-electron chi connectivity index (χ2n) is 7.08. The van der Waals surface area contributed by atoms with Gasteiger partial charge in [0, 0.05) is 5.56 Å². The molecule has 0 amide bonds. The Morgan fingerprint density at radius 2 is 1.85 bits per heavy atom. The molecule has 0 saturated carbocycles. The van der Waals surface area contributed by atoms with Crippen molar-refractivity contribution in [2.24, 2.45) is 0 Å². The first kappa shape index (κ1) is 22.3. The van der Waals surface area contributed by atoms with Crippen molar-refractivity contribution in [2.45, 2.75) is 20.5 Å². The van der Waals surface area contributed by atoms with Crippen LogP contribution in [0.2, 0.25) is 5.02 Å². The molecule has 2 aromatic carbocycles. The van der Waals surface area contributed by atoms with Gasteiger partial charge in [-0.05, 0) is 56.3 Å². The molecule has 0 bridgehead atoms. The molecule has 4 rings (SSSR count). The minimum atomic E-state index is -0.619. The number of aryl methyl sites for hydroxylation is 1. The van der Waals surface area contributed by atoms with Gasteiger partial charge in [0.15, 0.2) is 5.69 Å². The van der Waals surface area contributed by atoms with Crippen LogP contribution >= 0.6 is 11.6 Å². The summed E-state index contributed by atoms with van der Waals surface area (Å²) in [6, 6.07) is 12.5. The fraction of sp³-hybridized carbons (Fsp3) is 0.217. The van der Waals surface area contributed by atoms with E-state index in [2.05, 4.69) is 15.3 Å². The maximum atomic E-state index is 12.7. The van der Waals surface area contributed by atoms with E-state index in [-0.39, 0.29) is 12.3 Å². The predicted octanol–water partition coefficient (Wildman–Crippen LogP) is 4.57. The Kier molecular flexibility index (Phi) is 6.32. The lowest BCUT2D eigenvalue weighted by Crippen LogP contribution is -2.09. The molecule has 9 nitrogen and oxygen atoms in total. The molecule has 2 aromatic heterocycles. The third-order valence-electron chi connectivity index (χ3n) is 5.04. The van der Waals surface area contributed by atoms with Gasteiger partial charge in [0.05, 0.1) is 30.6 Å². The van der Waals surface area contributed by atoms with Crippen LogP contribution < -0.4 is 9.47 Å². The van der Waals surface area contributed by atoms with E-state index in [0.717, 1.165) is 11.3 Å². The van der Waals surface area contributed by atoms with Crippen LogP contribution in [0.25, 0.3) is 17.1 Å². The minimum absolute atomic E-state index is 0.0645. The number of methoxy groups -OCH3 is 2. The first-order chi connectivity index (χ1) is 15.9. The number of ether oxygens (including phenoxy) is 3. The smallest absolute Gasteiger partial charge is 0.361 e. The molecule has 0 aliphatic carbocycles. The van der Waals surface area contributed by atoms with E-state index >= 15 is 0 Å². The van der Waals surface area contributed by atoms with Gasteiger partial charge in [-0.3, -0.25) is 0 Å². The van der Waals surface area contributed by atoms with E-state index in [1.165, 1.54) is 11.8 Å². The van der Waals surface area contributed by atoms with E-state index in [1.807, 2.05) is 24.3 Å². The van der Waals surface area contributed by atoms with Crippen LogP contribution in [0.5, 0.6) is 11.5 Å². The monoisotopic (exact) mass is 468 g/mol. The summed E-state index contributed by atoms with van der Waals surface area (Å²) in [6.07, 6.45) is 0. The summed E-state index contributed by atoms with van der Waals surface area (Å²) in [5, 5.41) is 8.45. The molecule has 0 unspecified atom stereocenters. The molecular formula is C23H21ClN4O5. The number of carbonyl (C=O) groups is 1. The largest absolute Gasteiger partial charge is 0.497 e. The number of halogens is 1. The number of benzene rings is 2. The normalized spacial score (nSPS) is 10.8. The van der Waals surface area contributed by atoms with E-state index in [9.17, 15) is 4.79 Å². The van der Waals surface area contributed by atoms with Crippen LogP contribution in [0.4, 0.5) is 0 Å². The molecule has 170 valence electrons. The van der Waals surface area contributed by atoms with Gasteiger partial charge in [0.2, 0.25) is 5.89 Å². The van der Waals surface area contributed by atoms with Crippen molar-refractivity contribution < 1.29 is 23.4 Å². The fourth-order valence-electron chi connectivity index (χ4n) is 3.17. The quantitative estimate of drug-likeness (QED) is 0.363. The van der Waals surface area contributed by atoms with Crippen LogP contribution in [0.1, 0.15) is 27.6 Å². The summed E-state index contributed by atoms with van der Waals surface area (Å²) in [5.74, 6) is 1.64. The number of carbonyl (C=O) groups excluding carboxylic acids is 1. The standard InChI is InChI=1S/C23H21ClN4O5/c1-13-21(26-27-28(13)16-7-10-20(31-4)18(24)11-16)23(29)32-12-19-14(2)33-22(25-19)15-5-8-17(30-3)9-6-15/h5-11H,12H2,1-4H3. The molecular weight excluding hydrogens is 448 g/mol. The molecule has 0 atom stereocenters. The predicted molar refractivity (Wildman–Crippen MR) is 120 cm³/mol. The Balaban J connectivity index is 1.47. The van der Waals surface area contributed by atoms with Crippen molar-refractivity contribution in [1.29, 1.82) is 0 Å². The molecule has 2 heterocycles. The van der Waals surface area contributed by atoms with Crippen molar-refractivity contribution in [3.8, 4) is 28.6 Å². The van der Waals surface area contributed by atoms with Gasteiger partial charge in [-0.25, -0.2) is 14.5 Å². The van der Waals surface area contributed by atoms with Crippen molar-refractivity contribution in [3.05, 3.63) is 70.3 Å². The van der Waals surface area contributed by atoms with Crippen LogP contribution in [-0.2, 0) is 11.3 Å². The van der Waals surface area contributed by atoms with E-state index in [1.54, 1.807) is 39.2 Å². The van der Waals surface area contributed by atoms with Crippen molar-refractivity contribution in [2.75, 3.05) is 14.2 Å². The zero-order valence-electron chi connectivity index (χ0n) is 18.5. The van der Waals surface area contributed by atoms with Crippen LogP contribution in [0.3, 0.4) is 0 Å². The number of hydrogen-bond acceptors (Lipinski definition) is 8. The average Bonchev–Trinajstić information content (AvgIpc) is 3.39. The molecule has 0 saturated heterocycles. The highest BCUT2D eigenvalue weighted by Gasteiger charge is 2.21. The lowest BCUT2D eigenvalue weighted by atomic mass is 10.2. The molecule has 0 radical (unpaired) electrons. The van der Waals surface area contributed by atoms with Crippen molar-refractivity contribution >= 4 is 17.6 Å². The Morgan fingerprint density at radius 3 is 2.52 bits per heavy atom. The van der Waals surface area contributed by atoms with Crippen LogP contribution in [0, 0.1) is 13.8 Å². The number of aromatic nitrogens is 4. The Labute approximate surface area is 194 Å². The minimum Gasteiger partial charge on any atom is -0.497 e. The molecule has 33 heavy (non-hydrogen) atoms. The zero-order valence-corrected chi connectivity index (χ0v) is 19.2. The molecule has 0 aliphatic rings. The highest BCUT2D eigenvalue weighted by Crippen LogP contribution is 2.27. The average molecular weight is 469 g/mol. The highest BCUT2D eigenvalue weighted by atomic mass is 35.5. The van der Waals surface area contributed by atoms with Gasteiger partial charge >= 0.3 is 5.97 Å². The SMILES string of the molecule is COc1ccc(-c2nc(COC(=O)c3nnn(-c4ccc(OC)c(Cl)c4)c3C)c(C)o2)cc1. The number of rotatable bonds is 7. The molecule has 10 heteroatoms. The van der Waals surface area contributed by atoms with Gasteiger partial charge in [-0.2, -0.15) is 0 Å². The Hall–Kier alpha value is -3.85. The first-order valence-electron chi connectivity index (χ1n) is 9.95. The highest BCUT2D eigenvalue weighted by molar-refractivity contribution is 6.32. The third kappa shape index (κ3) is 4.54. The summed E-state index contributed by atoms with van der Waals surface area (Å²) in [7, 11) is 3.13. The van der Waals surface area contributed by atoms with Crippen molar-refractivity contribution in [1.82, 2.24) is 20.0 Å². The lowest BCUT2D eigenvalue weighted by molar-refractivity contribution is 0.0459. The summed E-state index contributed by atoms with van der Waals surface area (Å²) in [6.45, 7) is 3.42. The summed E-state index contributed by atoms with van der Waals surface area (Å²) in [4.78, 5) is 17.1. The van der Waals surface area contributed by atoms with Gasteiger partial charge < -0.3 is 18.6 Å². The second-order valence-corrected chi connectivity index (χ2v) is 7.49. The molecule has 0 spiro atoms. The van der Waals surface area contributed by atoms with Gasteiger partial charge in [-0.1, -0.05) is 16.8 Å². The number of oxazole rings is 1. The van der Waals surface area contributed by atoms with Crippen LogP contribution in [-0.4, -0.2) is 40.2 Å². The van der Waals surface area contributed by atoms with E-state index in [0.29, 0.717) is 39.5 Å².